The molecule has 0 atom stereocenters. The second-order valence-electron chi connectivity index (χ2n) is 4.33. The third kappa shape index (κ3) is 1.48. The highest BCUT2D eigenvalue weighted by Crippen LogP contribution is 2.21. The molecule has 0 saturated carbocycles. The summed E-state index contributed by atoms with van der Waals surface area (Å²) in [6, 6.07) is 0. The molecule has 14 heavy (non-hydrogen) atoms. The first-order chi connectivity index (χ1) is 6.48. The molecule has 0 fully saturated rings. The Kier molecular flexibility index (Phi) is 2.00. The first-order valence-electron chi connectivity index (χ1n) is 4.47. The maximum absolute atomic E-state index is 5.97. The Morgan fingerprint density at radius 1 is 1.21 bits per heavy atom. The van der Waals surface area contributed by atoms with Gasteiger partial charge in [0.2, 0.25) is 0 Å². The number of fused-ring (bicyclic) bond motifs is 1. The van der Waals surface area contributed by atoms with Crippen LogP contribution >= 0.6 is 11.6 Å². The molecule has 0 unspecified atom stereocenters. The smallest absolute Gasteiger partial charge is 0.156 e. The minimum Gasteiger partial charge on any atom is -0.287 e. The van der Waals surface area contributed by atoms with Crippen molar-refractivity contribution in [1.82, 2.24) is 14.4 Å². The first kappa shape index (κ1) is 9.46. The van der Waals surface area contributed by atoms with Crippen LogP contribution in [0.5, 0.6) is 0 Å². The van der Waals surface area contributed by atoms with Crippen LogP contribution in [0.3, 0.4) is 0 Å². The Balaban J connectivity index is 2.66. The standard InChI is InChI=1S/C10H12ClN3/c1-10(2,3)7-6-14-8(11)4-13-9(14)5-12-7/h4-6H,1-3H3. The zero-order valence-corrected chi connectivity index (χ0v) is 9.21. The third-order valence-corrected chi connectivity index (χ3v) is 2.40. The van der Waals surface area contributed by atoms with Crippen molar-refractivity contribution in [2.24, 2.45) is 0 Å². The summed E-state index contributed by atoms with van der Waals surface area (Å²) >= 11 is 5.97. The predicted octanol–water partition coefficient (Wildman–Crippen LogP) is 2.68. The van der Waals surface area contributed by atoms with Gasteiger partial charge in [-0.3, -0.25) is 9.38 Å². The maximum Gasteiger partial charge on any atom is 0.156 e. The molecule has 0 radical (unpaired) electrons. The number of hydrogen-bond acceptors (Lipinski definition) is 2. The van der Waals surface area contributed by atoms with Gasteiger partial charge >= 0.3 is 0 Å². The molecule has 0 saturated heterocycles. The van der Waals surface area contributed by atoms with Crippen molar-refractivity contribution in [2.45, 2.75) is 26.2 Å². The van der Waals surface area contributed by atoms with Gasteiger partial charge < -0.3 is 0 Å². The summed E-state index contributed by atoms with van der Waals surface area (Å²) in [6.45, 7) is 6.35. The summed E-state index contributed by atoms with van der Waals surface area (Å²) in [7, 11) is 0. The summed E-state index contributed by atoms with van der Waals surface area (Å²) in [5.41, 5.74) is 1.81. The molecule has 3 nitrogen and oxygen atoms in total. The van der Waals surface area contributed by atoms with Crippen LogP contribution in [-0.4, -0.2) is 14.4 Å². The Bertz CT molecular complexity index is 468. The van der Waals surface area contributed by atoms with Crippen molar-refractivity contribution >= 4 is 17.2 Å². The van der Waals surface area contributed by atoms with Crippen LogP contribution in [0, 0.1) is 0 Å². The quantitative estimate of drug-likeness (QED) is 0.668. The van der Waals surface area contributed by atoms with Gasteiger partial charge in [-0.1, -0.05) is 32.4 Å². The lowest BCUT2D eigenvalue weighted by Gasteiger charge is -2.17. The largest absolute Gasteiger partial charge is 0.287 e. The summed E-state index contributed by atoms with van der Waals surface area (Å²) in [5.74, 6) is 0. The first-order valence-corrected chi connectivity index (χ1v) is 4.85. The molecule has 0 bridgehead atoms. The average Bonchev–Trinajstić information content (AvgIpc) is 2.46. The number of nitrogens with zero attached hydrogens (tertiary/aromatic N) is 3. The van der Waals surface area contributed by atoms with Crippen molar-refractivity contribution < 1.29 is 0 Å². The van der Waals surface area contributed by atoms with Crippen molar-refractivity contribution in [3.05, 3.63) is 29.4 Å². The summed E-state index contributed by atoms with van der Waals surface area (Å²) in [4.78, 5) is 8.46. The van der Waals surface area contributed by atoms with Crippen LogP contribution in [0.1, 0.15) is 26.5 Å². The topological polar surface area (TPSA) is 30.2 Å². The highest BCUT2D eigenvalue weighted by atomic mass is 35.5. The van der Waals surface area contributed by atoms with Gasteiger partial charge in [0.15, 0.2) is 5.65 Å². The van der Waals surface area contributed by atoms with Gasteiger partial charge in [0.25, 0.3) is 0 Å². The highest BCUT2D eigenvalue weighted by molar-refractivity contribution is 6.29. The summed E-state index contributed by atoms with van der Waals surface area (Å²) in [6.07, 6.45) is 5.31. The zero-order valence-electron chi connectivity index (χ0n) is 8.45. The van der Waals surface area contributed by atoms with Gasteiger partial charge in [0, 0.05) is 11.6 Å². The fraction of sp³-hybridized carbons (Fsp3) is 0.400. The molecule has 0 N–H and O–H groups in total. The maximum atomic E-state index is 5.97. The van der Waals surface area contributed by atoms with Crippen molar-refractivity contribution in [2.75, 3.05) is 0 Å². The molecule has 2 aromatic heterocycles. The molecule has 2 aromatic rings. The molecular formula is C10H12ClN3. The minimum absolute atomic E-state index is 0.0296. The third-order valence-electron chi connectivity index (χ3n) is 2.12. The van der Waals surface area contributed by atoms with E-state index in [1.807, 2.05) is 10.6 Å². The number of imidazole rings is 1. The van der Waals surface area contributed by atoms with Crippen molar-refractivity contribution in [1.29, 1.82) is 0 Å². The molecule has 0 amide bonds. The van der Waals surface area contributed by atoms with Crippen molar-refractivity contribution in [3.63, 3.8) is 0 Å². The zero-order chi connectivity index (χ0) is 10.3. The fourth-order valence-corrected chi connectivity index (χ4v) is 1.43. The Labute approximate surface area is 87.8 Å². The molecule has 4 heteroatoms. The van der Waals surface area contributed by atoms with E-state index in [0.717, 1.165) is 11.3 Å². The van der Waals surface area contributed by atoms with Gasteiger partial charge in [-0.2, -0.15) is 0 Å². The number of hydrogen-bond donors (Lipinski definition) is 0. The lowest BCUT2D eigenvalue weighted by atomic mass is 9.93. The van der Waals surface area contributed by atoms with Crippen LogP contribution in [0.4, 0.5) is 0 Å². The van der Waals surface area contributed by atoms with E-state index in [-0.39, 0.29) is 5.41 Å². The molecule has 0 aliphatic heterocycles. The number of rotatable bonds is 0. The highest BCUT2D eigenvalue weighted by Gasteiger charge is 2.16. The van der Waals surface area contributed by atoms with Crippen LogP contribution in [-0.2, 0) is 5.41 Å². The van der Waals surface area contributed by atoms with E-state index in [9.17, 15) is 0 Å². The molecule has 2 rings (SSSR count). The van der Waals surface area contributed by atoms with Gasteiger partial charge in [-0.15, -0.1) is 0 Å². The van der Waals surface area contributed by atoms with Crippen LogP contribution in [0.25, 0.3) is 5.65 Å². The molecule has 74 valence electrons. The molecule has 0 aliphatic rings. The molecular weight excluding hydrogens is 198 g/mol. The van der Waals surface area contributed by atoms with E-state index < -0.39 is 0 Å². The van der Waals surface area contributed by atoms with Crippen molar-refractivity contribution in [3.8, 4) is 0 Å². The lowest BCUT2D eigenvalue weighted by Crippen LogP contribution is -2.14. The minimum atomic E-state index is 0.0296. The van der Waals surface area contributed by atoms with E-state index in [2.05, 4.69) is 30.7 Å². The monoisotopic (exact) mass is 209 g/mol. The molecule has 0 spiro atoms. The van der Waals surface area contributed by atoms with Crippen LogP contribution < -0.4 is 0 Å². The number of halogens is 1. The van der Waals surface area contributed by atoms with Gasteiger partial charge in [-0.05, 0) is 0 Å². The van der Waals surface area contributed by atoms with E-state index in [0.29, 0.717) is 5.15 Å². The summed E-state index contributed by atoms with van der Waals surface area (Å²) < 4.78 is 1.84. The van der Waals surface area contributed by atoms with E-state index in [1.54, 1.807) is 12.4 Å². The average molecular weight is 210 g/mol. The molecule has 0 aromatic carbocycles. The molecule has 0 aliphatic carbocycles. The van der Waals surface area contributed by atoms with Crippen LogP contribution in [0.15, 0.2) is 18.6 Å². The van der Waals surface area contributed by atoms with E-state index in [1.165, 1.54) is 0 Å². The Hall–Kier alpha value is -1.09. The Morgan fingerprint density at radius 2 is 1.93 bits per heavy atom. The SMILES string of the molecule is CC(C)(C)c1cn2c(Cl)cnc2cn1. The van der Waals surface area contributed by atoms with Gasteiger partial charge in [0.1, 0.15) is 5.15 Å². The lowest BCUT2D eigenvalue weighted by molar-refractivity contribution is 0.564. The number of aromatic nitrogens is 3. The predicted molar refractivity (Wildman–Crippen MR) is 56.7 cm³/mol. The fourth-order valence-electron chi connectivity index (χ4n) is 1.25. The molecule has 2 heterocycles. The van der Waals surface area contributed by atoms with Gasteiger partial charge in [-0.25, -0.2) is 4.98 Å². The Morgan fingerprint density at radius 3 is 2.57 bits per heavy atom. The summed E-state index contributed by atoms with van der Waals surface area (Å²) in [5, 5.41) is 0.618. The van der Waals surface area contributed by atoms with E-state index in [4.69, 9.17) is 11.6 Å². The second kappa shape index (κ2) is 2.95. The van der Waals surface area contributed by atoms with Gasteiger partial charge in [0.05, 0.1) is 18.1 Å². The van der Waals surface area contributed by atoms with E-state index >= 15 is 0 Å². The second-order valence-corrected chi connectivity index (χ2v) is 4.72. The van der Waals surface area contributed by atoms with Crippen LogP contribution in [0.2, 0.25) is 5.15 Å². The normalized spacial score (nSPS) is 12.3.